The average molecular weight is 627 g/mol. The van der Waals surface area contributed by atoms with E-state index in [9.17, 15) is 45.6 Å². The fourth-order valence-corrected chi connectivity index (χ4v) is 6.36. The van der Waals surface area contributed by atoms with E-state index in [-0.39, 0.29) is 34.6 Å². The number of hydrogen-bond acceptors (Lipinski definition) is 12. The van der Waals surface area contributed by atoms with Crippen LogP contribution in [-0.2, 0) is 11.2 Å². The van der Waals surface area contributed by atoms with Crippen molar-refractivity contribution in [1.82, 2.24) is 0 Å². The maximum absolute atomic E-state index is 13.2. The Kier molecular flexibility index (Phi) is 7.99. The molecule has 2 aliphatic rings. The molecule has 2 heterocycles. The molecule has 0 aliphatic carbocycles. The van der Waals surface area contributed by atoms with E-state index in [0.29, 0.717) is 24.2 Å². The summed E-state index contributed by atoms with van der Waals surface area (Å²) < 4.78 is 18.8. The number of aromatic hydroxyl groups is 7. The van der Waals surface area contributed by atoms with Gasteiger partial charge in [-0.1, -0.05) is 13.3 Å². The highest BCUT2D eigenvalue weighted by atomic mass is 16.6. The molecule has 0 bridgehead atoms. The Bertz CT molecular complexity index is 1600. The molecular weight excluding hydrogens is 588 g/mol. The second-order valence-electron chi connectivity index (χ2n) is 12.6. The van der Waals surface area contributed by atoms with Crippen molar-refractivity contribution in [2.24, 2.45) is 0 Å². The van der Waals surface area contributed by atoms with Gasteiger partial charge in [0.15, 0.2) is 40.6 Å². The van der Waals surface area contributed by atoms with Crippen LogP contribution < -0.4 is 9.47 Å². The molecule has 0 saturated heterocycles. The van der Waals surface area contributed by atoms with Crippen LogP contribution in [0.15, 0.2) is 30.3 Å². The summed E-state index contributed by atoms with van der Waals surface area (Å²) in [5, 5.41) is 82.8. The van der Waals surface area contributed by atoms with Crippen LogP contribution in [0.2, 0.25) is 0 Å². The molecule has 3 aromatic carbocycles. The van der Waals surface area contributed by atoms with Crippen LogP contribution in [0.1, 0.15) is 92.4 Å². The zero-order valence-corrected chi connectivity index (χ0v) is 25.4. The zero-order chi connectivity index (χ0) is 33.0. The van der Waals surface area contributed by atoms with Crippen LogP contribution in [-0.4, -0.2) is 64.1 Å². The van der Waals surface area contributed by atoms with Gasteiger partial charge in [-0.3, -0.25) is 0 Å². The van der Waals surface area contributed by atoms with Gasteiger partial charge in [0, 0.05) is 35.1 Å². The van der Waals surface area contributed by atoms with Gasteiger partial charge in [0.1, 0.15) is 29.0 Å². The molecule has 3 aromatic rings. The van der Waals surface area contributed by atoms with Gasteiger partial charge in [0.25, 0.3) is 0 Å². The number of hydrogen-bond donors (Lipinski definition) is 8. The average Bonchev–Trinajstić information content (AvgIpc) is 3.10. The molecule has 0 unspecified atom stereocenters. The summed E-state index contributed by atoms with van der Waals surface area (Å²) in [5.74, 6) is -5.68. The number of esters is 1. The highest BCUT2D eigenvalue weighted by molar-refractivity contribution is 5.91. The number of rotatable bonds is 6. The monoisotopic (exact) mass is 626 g/mol. The Morgan fingerprint density at radius 3 is 2.07 bits per heavy atom. The Labute approximate surface area is 259 Å². The molecule has 4 atom stereocenters. The van der Waals surface area contributed by atoms with Gasteiger partial charge in [0.2, 0.25) is 0 Å². The number of fused-ring (bicyclic) bond motifs is 3. The molecule has 0 saturated carbocycles. The molecule has 2 aliphatic heterocycles. The number of phenolic OH excluding ortho intramolecular Hbond substituents is 7. The molecule has 0 amide bonds. The lowest BCUT2D eigenvalue weighted by Gasteiger charge is -2.38. The Morgan fingerprint density at radius 1 is 0.933 bits per heavy atom. The van der Waals surface area contributed by atoms with Gasteiger partial charge in [-0.15, -0.1) is 0 Å². The van der Waals surface area contributed by atoms with E-state index in [1.165, 1.54) is 6.07 Å². The van der Waals surface area contributed by atoms with Crippen molar-refractivity contribution >= 4 is 5.97 Å². The Morgan fingerprint density at radius 2 is 1.51 bits per heavy atom. The molecule has 12 nitrogen and oxygen atoms in total. The molecule has 0 spiro atoms. The van der Waals surface area contributed by atoms with Crippen molar-refractivity contribution in [2.45, 2.75) is 89.1 Å². The molecule has 0 aromatic heterocycles. The predicted octanol–water partition coefficient (Wildman–Crippen LogP) is 5.11. The van der Waals surface area contributed by atoms with Gasteiger partial charge in [-0.25, -0.2) is 4.79 Å². The molecule has 45 heavy (non-hydrogen) atoms. The van der Waals surface area contributed by atoms with Crippen molar-refractivity contribution in [3.63, 3.8) is 0 Å². The largest absolute Gasteiger partial charge is 0.507 e. The zero-order valence-electron chi connectivity index (χ0n) is 25.4. The smallest absolute Gasteiger partial charge is 0.338 e. The minimum absolute atomic E-state index is 0.102. The molecule has 0 fully saturated rings. The molecule has 12 heteroatoms. The summed E-state index contributed by atoms with van der Waals surface area (Å²) in [5.41, 5.74) is -1.29. The lowest BCUT2D eigenvalue weighted by molar-refractivity contribution is -0.0203. The molecule has 242 valence electrons. The summed E-state index contributed by atoms with van der Waals surface area (Å²) in [6, 6.07) is 5.53. The highest BCUT2D eigenvalue weighted by Gasteiger charge is 2.45. The highest BCUT2D eigenvalue weighted by Crippen LogP contribution is 2.55. The maximum atomic E-state index is 13.2. The fourth-order valence-electron chi connectivity index (χ4n) is 6.36. The van der Waals surface area contributed by atoms with Crippen molar-refractivity contribution in [1.29, 1.82) is 0 Å². The van der Waals surface area contributed by atoms with Gasteiger partial charge >= 0.3 is 5.97 Å². The second-order valence-corrected chi connectivity index (χ2v) is 12.6. The normalized spacial score (nSPS) is 22.7. The minimum atomic E-state index is -1.25. The minimum Gasteiger partial charge on any atom is -0.507 e. The first-order valence-electron chi connectivity index (χ1n) is 14.7. The lowest BCUT2D eigenvalue weighted by atomic mass is 9.77. The van der Waals surface area contributed by atoms with Crippen LogP contribution in [0.3, 0.4) is 0 Å². The number of benzene rings is 3. The first-order valence-corrected chi connectivity index (χ1v) is 14.7. The van der Waals surface area contributed by atoms with E-state index in [0.717, 1.165) is 37.1 Å². The van der Waals surface area contributed by atoms with E-state index in [2.05, 4.69) is 0 Å². The van der Waals surface area contributed by atoms with Gasteiger partial charge in [-0.05, 0) is 64.3 Å². The van der Waals surface area contributed by atoms with Crippen LogP contribution in [0, 0.1) is 0 Å². The van der Waals surface area contributed by atoms with E-state index in [1.54, 1.807) is 13.8 Å². The number of aliphatic hydroxyl groups is 1. The Hall–Kier alpha value is -4.71. The molecule has 8 N–H and O–H groups in total. The third-order valence-corrected chi connectivity index (χ3v) is 8.63. The first kappa shape index (κ1) is 31.7. The predicted molar refractivity (Wildman–Crippen MR) is 159 cm³/mol. The first-order chi connectivity index (χ1) is 21.0. The van der Waals surface area contributed by atoms with E-state index >= 15 is 0 Å². The van der Waals surface area contributed by atoms with Gasteiger partial charge in [-0.2, -0.15) is 0 Å². The van der Waals surface area contributed by atoms with Crippen LogP contribution in [0.25, 0.3) is 0 Å². The molecule has 5 rings (SSSR count). The summed E-state index contributed by atoms with van der Waals surface area (Å²) in [6.45, 7) is 7.36. The topological polar surface area (TPSA) is 207 Å². The van der Waals surface area contributed by atoms with Gasteiger partial charge < -0.3 is 55.1 Å². The van der Waals surface area contributed by atoms with Crippen molar-refractivity contribution in [2.75, 3.05) is 0 Å². The van der Waals surface area contributed by atoms with Crippen molar-refractivity contribution in [3.05, 3.63) is 52.6 Å². The van der Waals surface area contributed by atoms with Crippen molar-refractivity contribution in [3.8, 4) is 51.7 Å². The maximum Gasteiger partial charge on any atom is 0.338 e. The third-order valence-electron chi connectivity index (χ3n) is 8.63. The summed E-state index contributed by atoms with van der Waals surface area (Å²) in [4.78, 5) is 13.2. The van der Waals surface area contributed by atoms with E-state index in [4.69, 9.17) is 14.2 Å². The van der Waals surface area contributed by atoms with Gasteiger partial charge in [0.05, 0.1) is 11.2 Å². The third kappa shape index (κ3) is 5.89. The fraction of sp³-hybridized carbons (Fsp3) is 0.424. The van der Waals surface area contributed by atoms with Crippen molar-refractivity contribution < 1.29 is 59.9 Å². The lowest BCUT2D eigenvalue weighted by Crippen LogP contribution is -2.36. The van der Waals surface area contributed by atoms with E-state index < -0.39 is 69.8 Å². The summed E-state index contributed by atoms with van der Waals surface area (Å²) in [7, 11) is 0. The standard InChI is InChI=1S/C33H38O12/c1-5-7-33(4)8-6-18(32(2,3)42)26-24(45-33)14-19(34)17-13-25(43-31(41)16-11-22(37)28(40)23(38)12-16)29(44-30(17)26)15-9-20(35)27(39)21(36)10-15/h9-12,14,18,25,29,34-40,42H,5-8,13H2,1-4H3/t18-,25-,29-,33-/m1/s1. The molecular formula is C33H38O12. The number of carbonyl (C=O) groups excluding carboxylic acids is 1. The van der Waals surface area contributed by atoms with Crippen LogP contribution in [0.4, 0.5) is 0 Å². The SMILES string of the molecule is CCC[C@]1(C)CC[C@@H](C(C)(C)O)c2c(cc(O)c3c2O[C@H](c2cc(O)c(O)c(O)c2)[C@H](OC(=O)c2cc(O)c(O)c(O)c2)C3)O1. The molecule has 0 radical (unpaired) electrons. The number of ether oxygens (including phenoxy) is 3. The Balaban J connectivity index is 1.66. The quantitative estimate of drug-likeness (QED) is 0.133. The number of phenols is 7. The second kappa shape index (κ2) is 11.3. The van der Waals surface area contributed by atoms with Crippen LogP contribution >= 0.6 is 0 Å². The van der Waals surface area contributed by atoms with E-state index in [1.807, 2.05) is 13.8 Å². The summed E-state index contributed by atoms with van der Waals surface area (Å²) in [6.07, 6.45) is 0.0735. The number of carbonyl (C=O) groups is 1. The summed E-state index contributed by atoms with van der Waals surface area (Å²) >= 11 is 0. The van der Waals surface area contributed by atoms with Crippen LogP contribution in [0.5, 0.6) is 51.7 Å².